The zero-order valence-electron chi connectivity index (χ0n) is 9.34. The van der Waals surface area contributed by atoms with Crippen LogP contribution in [-0.4, -0.2) is 22.5 Å². The van der Waals surface area contributed by atoms with Crippen LogP contribution in [0.15, 0.2) is 4.99 Å². The highest BCUT2D eigenvalue weighted by Crippen LogP contribution is 2.40. The highest BCUT2D eigenvalue weighted by Gasteiger charge is 2.42. The molecule has 1 heterocycles. The van der Waals surface area contributed by atoms with Crippen molar-refractivity contribution in [3.8, 4) is 0 Å². The van der Waals surface area contributed by atoms with Gasteiger partial charge in [0.2, 0.25) is 0 Å². The van der Waals surface area contributed by atoms with Gasteiger partial charge in [-0.2, -0.15) is 0 Å². The first-order valence-electron chi connectivity index (χ1n) is 5.64. The Bertz CT molecular complexity index is 244. The molecule has 0 saturated heterocycles. The van der Waals surface area contributed by atoms with E-state index in [4.69, 9.17) is 0 Å². The molecule has 0 aromatic rings. The summed E-state index contributed by atoms with van der Waals surface area (Å²) in [5, 5.41) is 5.51. The smallest absolute Gasteiger partial charge is 0.157 e. The van der Waals surface area contributed by atoms with Crippen molar-refractivity contribution < 1.29 is 0 Å². The molecule has 1 fully saturated rings. The Morgan fingerprint density at radius 3 is 2.71 bits per heavy atom. The minimum Gasteiger partial charge on any atom is -0.359 e. The molecular formula is C11H20N2S. The third-order valence-corrected chi connectivity index (χ3v) is 4.77. The van der Waals surface area contributed by atoms with Gasteiger partial charge in [0.1, 0.15) is 0 Å². The van der Waals surface area contributed by atoms with E-state index in [1.165, 1.54) is 24.4 Å². The fraction of sp³-hybridized carbons (Fsp3) is 0.909. The van der Waals surface area contributed by atoms with Crippen molar-refractivity contribution in [3.05, 3.63) is 0 Å². The molecule has 14 heavy (non-hydrogen) atoms. The van der Waals surface area contributed by atoms with Crippen LogP contribution in [0.1, 0.15) is 40.0 Å². The maximum Gasteiger partial charge on any atom is 0.157 e. The molecule has 0 bridgehead atoms. The van der Waals surface area contributed by atoms with Crippen LogP contribution in [0.2, 0.25) is 0 Å². The van der Waals surface area contributed by atoms with Crippen LogP contribution >= 0.6 is 11.8 Å². The third-order valence-electron chi connectivity index (χ3n) is 3.32. The maximum atomic E-state index is 4.58. The number of aliphatic imine (C=N–C) groups is 1. The molecule has 3 heteroatoms. The van der Waals surface area contributed by atoms with Gasteiger partial charge in [0.05, 0.1) is 6.54 Å². The second-order valence-corrected chi connectivity index (χ2v) is 6.03. The predicted molar refractivity (Wildman–Crippen MR) is 63.9 cm³/mol. The number of rotatable bonds is 3. The molecule has 2 aliphatic rings. The topological polar surface area (TPSA) is 24.4 Å². The molecular weight excluding hydrogens is 192 g/mol. The van der Waals surface area contributed by atoms with Gasteiger partial charge in [0.15, 0.2) is 5.17 Å². The lowest BCUT2D eigenvalue weighted by Crippen LogP contribution is -2.34. The molecule has 0 radical (unpaired) electrons. The Balaban J connectivity index is 1.84. The molecule has 0 aromatic heterocycles. The summed E-state index contributed by atoms with van der Waals surface area (Å²) in [7, 11) is 0. The molecule has 1 aliphatic heterocycles. The van der Waals surface area contributed by atoms with Crippen LogP contribution in [-0.2, 0) is 0 Å². The van der Waals surface area contributed by atoms with E-state index in [0.29, 0.717) is 10.8 Å². The Labute approximate surface area is 90.9 Å². The van der Waals surface area contributed by atoms with Gasteiger partial charge in [0, 0.05) is 10.8 Å². The summed E-state index contributed by atoms with van der Waals surface area (Å²) in [5.74, 6) is 0.736. The zero-order chi connectivity index (χ0) is 10.2. The van der Waals surface area contributed by atoms with Crippen molar-refractivity contribution in [2.45, 2.75) is 50.8 Å². The molecule has 1 aliphatic carbocycles. The van der Waals surface area contributed by atoms with Gasteiger partial charge < -0.3 is 5.32 Å². The summed E-state index contributed by atoms with van der Waals surface area (Å²) >= 11 is 1.94. The van der Waals surface area contributed by atoms with E-state index >= 15 is 0 Å². The number of amidine groups is 1. The van der Waals surface area contributed by atoms with E-state index in [1.807, 2.05) is 11.8 Å². The monoisotopic (exact) mass is 212 g/mol. The van der Waals surface area contributed by atoms with Crippen LogP contribution in [0.4, 0.5) is 0 Å². The highest BCUT2D eigenvalue weighted by atomic mass is 32.2. The highest BCUT2D eigenvalue weighted by molar-refractivity contribution is 8.14. The third kappa shape index (κ3) is 2.08. The summed E-state index contributed by atoms with van der Waals surface area (Å²) in [6.45, 7) is 7.83. The van der Waals surface area contributed by atoms with Crippen molar-refractivity contribution in [2.24, 2.45) is 10.9 Å². The minimum absolute atomic E-state index is 0.428. The fourth-order valence-electron chi connectivity index (χ4n) is 1.75. The van der Waals surface area contributed by atoms with Gasteiger partial charge in [-0.1, -0.05) is 32.5 Å². The van der Waals surface area contributed by atoms with Crippen LogP contribution in [0.25, 0.3) is 0 Å². The van der Waals surface area contributed by atoms with Crippen molar-refractivity contribution >= 4 is 16.9 Å². The van der Waals surface area contributed by atoms with Crippen molar-refractivity contribution in [2.75, 3.05) is 6.54 Å². The fourth-order valence-corrected chi connectivity index (χ4v) is 2.88. The number of nitrogens with zero attached hydrogens (tertiary/aromatic N) is 1. The normalized spacial score (nSPS) is 29.1. The number of nitrogens with one attached hydrogen (secondary N) is 1. The summed E-state index contributed by atoms with van der Waals surface area (Å²) in [4.78, 5) is 4.58. The maximum absolute atomic E-state index is 4.58. The van der Waals surface area contributed by atoms with E-state index in [2.05, 4.69) is 31.1 Å². The molecule has 0 aromatic carbocycles. The van der Waals surface area contributed by atoms with Crippen LogP contribution in [0.3, 0.4) is 0 Å². The first-order chi connectivity index (χ1) is 6.65. The average Bonchev–Trinajstić information content (AvgIpc) is 2.75. The summed E-state index contributed by atoms with van der Waals surface area (Å²) < 4.78 is 0. The largest absolute Gasteiger partial charge is 0.359 e. The van der Waals surface area contributed by atoms with Gasteiger partial charge in [-0.3, -0.25) is 4.99 Å². The molecule has 0 amide bonds. The summed E-state index contributed by atoms with van der Waals surface area (Å²) in [5.41, 5.74) is 0.428. The lowest BCUT2D eigenvalue weighted by Gasteiger charge is -2.17. The molecule has 1 atom stereocenters. The van der Waals surface area contributed by atoms with Crippen LogP contribution in [0.5, 0.6) is 0 Å². The van der Waals surface area contributed by atoms with Crippen LogP contribution < -0.4 is 5.32 Å². The first kappa shape index (κ1) is 10.3. The average molecular weight is 212 g/mol. The van der Waals surface area contributed by atoms with E-state index in [0.717, 1.165) is 12.5 Å². The first-order valence-corrected chi connectivity index (χ1v) is 6.52. The Morgan fingerprint density at radius 2 is 2.29 bits per heavy atom. The van der Waals surface area contributed by atoms with E-state index in [9.17, 15) is 0 Å². The van der Waals surface area contributed by atoms with Crippen molar-refractivity contribution in [1.29, 1.82) is 0 Å². The predicted octanol–water partition coefficient (Wildman–Crippen LogP) is 2.65. The molecule has 0 spiro atoms. The molecule has 1 unspecified atom stereocenters. The van der Waals surface area contributed by atoms with Gasteiger partial charge in [-0.05, 0) is 25.2 Å². The molecule has 2 rings (SSSR count). The van der Waals surface area contributed by atoms with E-state index < -0.39 is 0 Å². The summed E-state index contributed by atoms with van der Waals surface area (Å²) in [6, 6.07) is 0. The van der Waals surface area contributed by atoms with Crippen molar-refractivity contribution in [1.82, 2.24) is 5.32 Å². The number of hydrogen-bond acceptors (Lipinski definition) is 3. The molecule has 2 nitrogen and oxygen atoms in total. The standard InChI is InChI=1S/C11H20N2S/c1-4-11(5-6-11)13-10-12-7-9(14-10)8(2)3/h8-9H,4-7H2,1-3H3,(H,12,13). The van der Waals surface area contributed by atoms with Crippen LogP contribution in [0, 0.1) is 5.92 Å². The Hall–Kier alpha value is -0.180. The Kier molecular flexibility index (Phi) is 2.78. The van der Waals surface area contributed by atoms with Crippen molar-refractivity contribution in [3.63, 3.8) is 0 Å². The second-order valence-electron chi connectivity index (χ2n) is 4.81. The van der Waals surface area contributed by atoms with E-state index in [-0.39, 0.29) is 0 Å². The molecule has 80 valence electrons. The SMILES string of the molecule is CCC1(NC2=NCC(C(C)C)S2)CC1. The number of hydrogen-bond donors (Lipinski definition) is 1. The Morgan fingerprint density at radius 1 is 1.57 bits per heavy atom. The minimum atomic E-state index is 0.428. The summed E-state index contributed by atoms with van der Waals surface area (Å²) in [6.07, 6.45) is 3.89. The lowest BCUT2D eigenvalue weighted by atomic mass is 10.1. The molecule has 1 saturated carbocycles. The second kappa shape index (κ2) is 3.76. The lowest BCUT2D eigenvalue weighted by molar-refractivity contribution is 0.583. The zero-order valence-corrected chi connectivity index (χ0v) is 10.2. The van der Waals surface area contributed by atoms with Gasteiger partial charge in [0.25, 0.3) is 0 Å². The van der Waals surface area contributed by atoms with E-state index in [1.54, 1.807) is 0 Å². The molecule has 1 N–H and O–H groups in total. The van der Waals surface area contributed by atoms with Gasteiger partial charge >= 0.3 is 0 Å². The number of thioether (sulfide) groups is 1. The van der Waals surface area contributed by atoms with Gasteiger partial charge in [-0.15, -0.1) is 0 Å². The quantitative estimate of drug-likeness (QED) is 0.778. The van der Waals surface area contributed by atoms with Gasteiger partial charge in [-0.25, -0.2) is 0 Å².